The largest absolute Gasteiger partial charge is 1.00 e. The average molecular weight is 318 g/mol. The maximum absolute atomic E-state index is 12.9. The summed E-state index contributed by atoms with van der Waals surface area (Å²) in [7, 11) is -4.52. The van der Waals surface area contributed by atoms with Gasteiger partial charge in [-0.15, -0.1) is 0 Å². The highest BCUT2D eigenvalue weighted by atomic mass is 19.5. The van der Waals surface area contributed by atoms with Crippen molar-refractivity contribution in [2.24, 2.45) is 0 Å². The minimum atomic E-state index is -6.00. The molecule has 2 nitrogen and oxygen atoms in total. The second kappa shape index (κ2) is 6.02. The van der Waals surface area contributed by atoms with E-state index in [1.54, 1.807) is 31.2 Å². The lowest BCUT2D eigenvalue weighted by Crippen LogP contribution is -2.51. The van der Waals surface area contributed by atoms with Crippen LogP contribution in [0.25, 0.3) is 0 Å². The Kier molecular flexibility index (Phi) is 5.01. The Morgan fingerprint density at radius 3 is 1.90 bits per heavy atom. The van der Waals surface area contributed by atoms with Gasteiger partial charge in [-0.1, -0.05) is 12.1 Å². The summed E-state index contributed by atoms with van der Waals surface area (Å²) in [6.45, 7) is 2.07. The lowest BCUT2D eigenvalue weighted by atomic mass is 10.2. The normalized spacial score (nSPS) is 18.2. The summed E-state index contributed by atoms with van der Waals surface area (Å²) in [5.74, 6) is 0. The SMILES string of the molecule is CCN1c2ccccc2N(C)C1C(F)(F)F.F[B-](F)(F)F.[H+]. The smallest absolute Gasteiger partial charge is 0.418 e. The second-order valence-electron chi connectivity index (χ2n) is 4.30. The first-order valence-corrected chi connectivity index (χ1v) is 5.99. The Bertz CT molecular complexity index is 474. The van der Waals surface area contributed by atoms with E-state index in [-0.39, 0.29) is 1.43 Å². The molecule has 1 atom stereocenters. The molecule has 1 unspecified atom stereocenters. The van der Waals surface area contributed by atoms with Gasteiger partial charge >= 0.3 is 14.9 Å². The van der Waals surface area contributed by atoms with Crippen molar-refractivity contribution < 1.29 is 31.9 Å². The Balaban J connectivity index is 0.000000644. The van der Waals surface area contributed by atoms with Crippen LogP contribution in [0, 0.1) is 0 Å². The fraction of sp³-hybridized carbons (Fsp3) is 0.455. The predicted octanol–water partition coefficient (Wildman–Crippen LogP) is 4.26. The topological polar surface area (TPSA) is 6.48 Å². The lowest BCUT2D eigenvalue weighted by molar-refractivity contribution is -0.146. The minimum Gasteiger partial charge on any atom is -0.418 e. The molecule has 0 fully saturated rings. The average Bonchev–Trinajstić information content (AvgIpc) is 2.60. The van der Waals surface area contributed by atoms with Gasteiger partial charge in [0.2, 0.25) is 6.17 Å². The van der Waals surface area contributed by atoms with Crippen LogP contribution in [0.3, 0.4) is 0 Å². The molecule has 0 bridgehead atoms. The van der Waals surface area contributed by atoms with Crippen LogP contribution in [0.4, 0.5) is 41.8 Å². The number of nitrogens with zero attached hydrogens (tertiary/aromatic N) is 2. The van der Waals surface area contributed by atoms with Gasteiger partial charge in [0.05, 0.1) is 11.4 Å². The number of anilines is 2. The third-order valence-electron chi connectivity index (χ3n) is 2.87. The highest BCUT2D eigenvalue weighted by molar-refractivity contribution is 6.50. The summed E-state index contributed by atoms with van der Waals surface area (Å²) < 4.78 is 77.8. The summed E-state index contributed by atoms with van der Waals surface area (Å²) in [4.78, 5) is 2.65. The molecule has 21 heavy (non-hydrogen) atoms. The molecule has 2 rings (SSSR count). The van der Waals surface area contributed by atoms with Gasteiger partial charge in [-0.3, -0.25) is 0 Å². The van der Waals surface area contributed by atoms with E-state index in [1.165, 1.54) is 16.8 Å². The number of rotatable bonds is 1. The van der Waals surface area contributed by atoms with Crippen molar-refractivity contribution >= 4 is 18.6 Å². The fourth-order valence-corrected chi connectivity index (χ4v) is 2.22. The van der Waals surface area contributed by atoms with E-state index in [4.69, 9.17) is 0 Å². The molecular formula is C11H14BF7N2. The number of benzene rings is 1. The molecule has 0 radical (unpaired) electrons. The Morgan fingerprint density at radius 2 is 1.52 bits per heavy atom. The number of hydrogen-bond donors (Lipinski definition) is 0. The summed E-state index contributed by atoms with van der Waals surface area (Å²) in [5.41, 5.74) is 1.28. The van der Waals surface area contributed by atoms with Gasteiger partial charge in [0.15, 0.2) is 0 Å². The first-order valence-electron chi connectivity index (χ1n) is 5.99. The van der Waals surface area contributed by atoms with Crippen LogP contribution in [0.2, 0.25) is 0 Å². The molecule has 1 aromatic rings. The van der Waals surface area contributed by atoms with Crippen molar-refractivity contribution in [2.45, 2.75) is 19.3 Å². The molecule has 120 valence electrons. The van der Waals surface area contributed by atoms with E-state index < -0.39 is 19.6 Å². The molecule has 0 saturated heterocycles. The highest BCUT2D eigenvalue weighted by Crippen LogP contribution is 2.43. The quantitative estimate of drug-likeness (QED) is 0.564. The van der Waals surface area contributed by atoms with Crippen LogP contribution in [-0.2, 0) is 0 Å². The van der Waals surface area contributed by atoms with E-state index in [0.717, 1.165) is 0 Å². The molecular weight excluding hydrogens is 304 g/mol. The molecule has 0 spiro atoms. The fourth-order valence-electron chi connectivity index (χ4n) is 2.22. The van der Waals surface area contributed by atoms with Crippen LogP contribution >= 0.6 is 0 Å². The zero-order valence-corrected chi connectivity index (χ0v) is 11.2. The van der Waals surface area contributed by atoms with E-state index >= 15 is 0 Å². The van der Waals surface area contributed by atoms with Crippen LogP contribution in [0.5, 0.6) is 0 Å². The Hall–Kier alpha value is -1.61. The van der Waals surface area contributed by atoms with Crippen LogP contribution in [-0.4, -0.2) is 33.2 Å². The monoisotopic (exact) mass is 318 g/mol. The molecule has 0 amide bonds. The highest BCUT2D eigenvalue weighted by Gasteiger charge is 2.50. The van der Waals surface area contributed by atoms with Crippen molar-refractivity contribution in [3.05, 3.63) is 24.3 Å². The molecule has 0 aromatic heterocycles. The molecule has 0 N–H and O–H groups in total. The minimum absolute atomic E-state index is 0. The van der Waals surface area contributed by atoms with Crippen molar-refractivity contribution in [2.75, 3.05) is 23.4 Å². The van der Waals surface area contributed by atoms with Gasteiger partial charge in [-0.05, 0) is 19.1 Å². The molecule has 1 aromatic carbocycles. The number of fused-ring (bicyclic) bond motifs is 1. The second-order valence-corrected chi connectivity index (χ2v) is 4.30. The van der Waals surface area contributed by atoms with Crippen molar-refractivity contribution in [3.8, 4) is 0 Å². The maximum atomic E-state index is 12.9. The molecule has 10 heteroatoms. The van der Waals surface area contributed by atoms with Gasteiger partial charge in [0.1, 0.15) is 0 Å². The summed E-state index contributed by atoms with van der Waals surface area (Å²) in [6, 6.07) is 6.95. The standard InChI is InChI=1S/C11H13F3N2.BF4/c1-3-16-9-7-5-4-6-8(9)15(2)10(16)11(12,13)14;2-1(3,4)5/h4-7,10H,3H2,1-2H3;/q;-1/p+1. The summed E-state index contributed by atoms with van der Waals surface area (Å²) in [5, 5.41) is 0. The molecule has 0 aliphatic carbocycles. The van der Waals surface area contributed by atoms with Crippen LogP contribution < -0.4 is 9.80 Å². The lowest BCUT2D eigenvalue weighted by Gasteiger charge is -2.31. The molecule has 1 aliphatic heterocycles. The first kappa shape index (κ1) is 17.4. The number of para-hydroxylation sites is 2. The van der Waals surface area contributed by atoms with E-state index in [9.17, 15) is 30.4 Å². The van der Waals surface area contributed by atoms with Crippen molar-refractivity contribution in [1.29, 1.82) is 0 Å². The summed E-state index contributed by atoms with van der Waals surface area (Å²) >= 11 is 0. The van der Waals surface area contributed by atoms with E-state index in [1.807, 2.05) is 0 Å². The van der Waals surface area contributed by atoms with Gasteiger partial charge < -0.3 is 27.1 Å². The van der Waals surface area contributed by atoms with E-state index in [0.29, 0.717) is 17.9 Å². The predicted molar refractivity (Wildman–Crippen MR) is 69.0 cm³/mol. The van der Waals surface area contributed by atoms with Gasteiger partial charge in [0, 0.05) is 13.6 Å². The van der Waals surface area contributed by atoms with Crippen LogP contribution in [0.15, 0.2) is 24.3 Å². The zero-order valence-electron chi connectivity index (χ0n) is 12.2. The number of halogens is 7. The molecule has 1 heterocycles. The number of hydrogen-bond acceptors (Lipinski definition) is 2. The summed E-state index contributed by atoms with van der Waals surface area (Å²) in [6.07, 6.45) is -5.79. The van der Waals surface area contributed by atoms with Gasteiger partial charge in [-0.25, -0.2) is 0 Å². The Labute approximate surface area is 118 Å². The zero-order chi connectivity index (χ0) is 16.4. The van der Waals surface area contributed by atoms with Gasteiger partial charge in [0.25, 0.3) is 0 Å². The maximum Gasteiger partial charge on any atom is 1.00 e. The Morgan fingerprint density at radius 1 is 1.10 bits per heavy atom. The third-order valence-corrected chi connectivity index (χ3v) is 2.87. The van der Waals surface area contributed by atoms with Crippen molar-refractivity contribution in [3.63, 3.8) is 0 Å². The van der Waals surface area contributed by atoms with Crippen LogP contribution in [0.1, 0.15) is 8.35 Å². The third kappa shape index (κ3) is 4.43. The van der Waals surface area contributed by atoms with Crippen molar-refractivity contribution in [1.82, 2.24) is 0 Å². The first-order chi connectivity index (χ1) is 9.46. The number of alkyl halides is 3. The van der Waals surface area contributed by atoms with E-state index in [2.05, 4.69) is 0 Å². The molecule has 0 saturated carbocycles. The van der Waals surface area contributed by atoms with Gasteiger partial charge in [-0.2, -0.15) is 13.2 Å². The molecule has 1 aliphatic rings.